The second-order valence-electron chi connectivity index (χ2n) is 9.54. The summed E-state index contributed by atoms with van der Waals surface area (Å²) in [4.78, 5) is 36.0. The molecule has 8 heteroatoms. The van der Waals surface area contributed by atoms with Crippen LogP contribution in [-0.4, -0.2) is 62.3 Å². The standard InChI is InChI=1S/C25H30N6O2/c1-16-5-10-30(23(33)3-8-26)15-22(16)31-14-21(18-6-11-29(12-7-18)17(2)32)20-13-28-25-19(24(20)31)4-9-27-25/h4,9,13-14,16,18,22H,3,5-7,10-12,15H2,1-2H3,(H,27,28)/t16-,22+/m1/s1. The number of carbonyl (C=O) groups is 2. The maximum atomic E-state index is 12.5. The number of piperidine rings is 2. The van der Waals surface area contributed by atoms with Gasteiger partial charge in [0.05, 0.1) is 17.6 Å². The summed E-state index contributed by atoms with van der Waals surface area (Å²) in [7, 11) is 0. The van der Waals surface area contributed by atoms with Crippen LogP contribution in [0.4, 0.5) is 0 Å². The third kappa shape index (κ3) is 3.75. The van der Waals surface area contributed by atoms with Crippen molar-refractivity contribution in [2.45, 2.75) is 51.5 Å². The second kappa shape index (κ2) is 8.54. The van der Waals surface area contributed by atoms with Gasteiger partial charge in [-0.15, -0.1) is 0 Å². The van der Waals surface area contributed by atoms with Crippen LogP contribution in [0.1, 0.15) is 57.1 Å². The Hall–Kier alpha value is -3.34. The molecule has 5 heterocycles. The summed E-state index contributed by atoms with van der Waals surface area (Å²) < 4.78 is 2.37. The summed E-state index contributed by atoms with van der Waals surface area (Å²) >= 11 is 0. The molecule has 1 N–H and O–H groups in total. The first-order valence-corrected chi connectivity index (χ1v) is 11.8. The minimum Gasteiger partial charge on any atom is -0.346 e. The monoisotopic (exact) mass is 446 g/mol. The van der Waals surface area contributed by atoms with Crippen LogP contribution >= 0.6 is 0 Å². The molecular formula is C25H30N6O2. The molecule has 2 fully saturated rings. The van der Waals surface area contributed by atoms with E-state index in [9.17, 15) is 9.59 Å². The van der Waals surface area contributed by atoms with Crippen LogP contribution in [-0.2, 0) is 9.59 Å². The average molecular weight is 447 g/mol. The van der Waals surface area contributed by atoms with Gasteiger partial charge in [0, 0.05) is 62.5 Å². The van der Waals surface area contributed by atoms with E-state index in [4.69, 9.17) is 5.26 Å². The van der Waals surface area contributed by atoms with E-state index in [2.05, 4.69) is 33.7 Å². The molecule has 0 spiro atoms. The minimum atomic E-state index is -0.0869. The number of carbonyl (C=O) groups excluding carboxylic acids is 2. The summed E-state index contributed by atoms with van der Waals surface area (Å²) in [6.07, 6.45) is 8.91. The van der Waals surface area contributed by atoms with Crippen LogP contribution in [0.5, 0.6) is 0 Å². The lowest BCUT2D eigenvalue weighted by atomic mass is 9.89. The number of nitriles is 1. The highest BCUT2D eigenvalue weighted by Gasteiger charge is 2.33. The van der Waals surface area contributed by atoms with Crippen LogP contribution in [0.3, 0.4) is 0 Å². The summed E-state index contributed by atoms with van der Waals surface area (Å²) in [6.45, 7) is 6.77. The second-order valence-corrected chi connectivity index (χ2v) is 9.54. The molecule has 8 nitrogen and oxygen atoms in total. The third-order valence-electron chi connectivity index (χ3n) is 7.64. The van der Waals surface area contributed by atoms with E-state index in [1.165, 1.54) is 5.56 Å². The number of aromatic nitrogens is 3. The van der Waals surface area contributed by atoms with Gasteiger partial charge in [-0.25, -0.2) is 4.98 Å². The predicted octanol–water partition coefficient (Wildman–Crippen LogP) is 3.57. The Morgan fingerprint density at radius 1 is 1.18 bits per heavy atom. The zero-order valence-electron chi connectivity index (χ0n) is 19.3. The highest BCUT2D eigenvalue weighted by molar-refractivity contribution is 6.04. The van der Waals surface area contributed by atoms with E-state index in [1.807, 2.05) is 28.3 Å². The van der Waals surface area contributed by atoms with Crippen molar-refractivity contribution in [3.05, 3.63) is 30.2 Å². The zero-order chi connectivity index (χ0) is 23.1. The molecule has 0 saturated carbocycles. The SMILES string of the molecule is CC(=O)N1CCC(c2cn([C@H]3CN(C(=O)CC#N)CC[C@H]3C)c3c2cnc2[nH]ccc23)CC1. The maximum absolute atomic E-state index is 12.5. The van der Waals surface area contributed by atoms with Gasteiger partial charge in [-0.3, -0.25) is 9.59 Å². The molecule has 0 aliphatic carbocycles. The number of fused-ring (bicyclic) bond motifs is 3. The Kier molecular flexibility index (Phi) is 5.57. The zero-order valence-corrected chi connectivity index (χ0v) is 19.3. The van der Waals surface area contributed by atoms with Crippen molar-refractivity contribution in [3.63, 3.8) is 0 Å². The van der Waals surface area contributed by atoms with Gasteiger partial charge >= 0.3 is 0 Å². The van der Waals surface area contributed by atoms with Gasteiger partial charge in [0.15, 0.2) is 0 Å². The quantitative estimate of drug-likeness (QED) is 0.665. The number of hydrogen-bond acceptors (Lipinski definition) is 4. The smallest absolute Gasteiger partial charge is 0.236 e. The molecule has 2 saturated heterocycles. The van der Waals surface area contributed by atoms with E-state index < -0.39 is 0 Å². The van der Waals surface area contributed by atoms with Crippen LogP contribution in [0, 0.1) is 17.2 Å². The van der Waals surface area contributed by atoms with E-state index >= 15 is 0 Å². The fourth-order valence-corrected chi connectivity index (χ4v) is 5.68. The van der Waals surface area contributed by atoms with Gasteiger partial charge in [-0.1, -0.05) is 6.92 Å². The van der Waals surface area contributed by atoms with Crippen LogP contribution in [0.25, 0.3) is 21.9 Å². The van der Waals surface area contributed by atoms with Crippen LogP contribution < -0.4 is 0 Å². The molecule has 0 aromatic carbocycles. The summed E-state index contributed by atoms with van der Waals surface area (Å²) in [5, 5.41) is 11.3. The van der Waals surface area contributed by atoms with Gasteiger partial charge in [-0.2, -0.15) is 5.26 Å². The molecule has 2 amide bonds. The normalized spacial score (nSPS) is 22.1. The Bertz CT molecular complexity index is 1240. The van der Waals surface area contributed by atoms with Crippen molar-refractivity contribution in [2.75, 3.05) is 26.2 Å². The Morgan fingerprint density at radius 2 is 1.94 bits per heavy atom. The topological polar surface area (TPSA) is 98.0 Å². The van der Waals surface area contributed by atoms with E-state index in [1.54, 1.807) is 6.92 Å². The largest absolute Gasteiger partial charge is 0.346 e. The number of amides is 2. The predicted molar refractivity (Wildman–Crippen MR) is 125 cm³/mol. The average Bonchev–Trinajstić information content (AvgIpc) is 3.44. The molecule has 0 bridgehead atoms. The molecule has 5 rings (SSSR count). The molecule has 3 aromatic rings. The fraction of sp³-hybridized carbons (Fsp3) is 0.520. The Balaban J connectivity index is 1.57. The van der Waals surface area contributed by atoms with Crippen molar-refractivity contribution >= 4 is 33.8 Å². The molecular weight excluding hydrogens is 416 g/mol. The molecule has 33 heavy (non-hydrogen) atoms. The molecule has 2 aliphatic rings. The third-order valence-corrected chi connectivity index (χ3v) is 7.64. The molecule has 172 valence electrons. The van der Waals surface area contributed by atoms with Crippen molar-refractivity contribution in [1.82, 2.24) is 24.3 Å². The Labute approximate surface area is 193 Å². The highest BCUT2D eigenvalue weighted by atomic mass is 16.2. The Morgan fingerprint density at radius 3 is 2.67 bits per heavy atom. The van der Waals surface area contributed by atoms with E-state index in [0.29, 0.717) is 24.9 Å². The molecule has 3 aromatic heterocycles. The number of pyridine rings is 1. The summed E-state index contributed by atoms with van der Waals surface area (Å²) in [6, 6.07) is 4.21. The van der Waals surface area contributed by atoms with Crippen LogP contribution in [0.2, 0.25) is 0 Å². The number of likely N-dealkylation sites (tertiary alicyclic amines) is 2. The van der Waals surface area contributed by atoms with Gasteiger partial charge < -0.3 is 19.4 Å². The number of rotatable bonds is 3. The summed E-state index contributed by atoms with van der Waals surface area (Å²) in [5.41, 5.74) is 3.31. The fourth-order valence-electron chi connectivity index (χ4n) is 5.68. The number of nitrogens with one attached hydrogen (secondary N) is 1. The first kappa shape index (κ1) is 21.5. The number of aromatic amines is 1. The van der Waals surface area contributed by atoms with Gasteiger partial charge in [-0.05, 0) is 42.7 Å². The molecule has 0 radical (unpaired) electrons. The number of nitrogens with zero attached hydrogens (tertiary/aromatic N) is 5. The lowest BCUT2D eigenvalue weighted by molar-refractivity contribution is -0.132. The van der Waals surface area contributed by atoms with Gasteiger partial charge in [0.25, 0.3) is 0 Å². The van der Waals surface area contributed by atoms with Crippen molar-refractivity contribution in [2.24, 2.45) is 5.92 Å². The lowest BCUT2D eigenvalue weighted by Crippen LogP contribution is -2.43. The number of hydrogen-bond donors (Lipinski definition) is 1. The van der Waals surface area contributed by atoms with Crippen molar-refractivity contribution in [1.29, 1.82) is 5.26 Å². The molecule has 0 unspecified atom stereocenters. The number of H-pyrrole nitrogens is 1. The summed E-state index contributed by atoms with van der Waals surface area (Å²) in [5.74, 6) is 0.833. The van der Waals surface area contributed by atoms with Gasteiger partial charge in [0.2, 0.25) is 11.8 Å². The van der Waals surface area contributed by atoms with Crippen molar-refractivity contribution in [3.8, 4) is 6.07 Å². The molecule has 2 atom stereocenters. The first-order valence-electron chi connectivity index (χ1n) is 11.8. The van der Waals surface area contributed by atoms with E-state index in [0.717, 1.165) is 54.3 Å². The lowest BCUT2D eigenvalue weighted by Gasteiger charge is -2.38. The van der Waals surface area contributed by atoms with E-state index in [-0.39, 0.29) is 24.3 Å². The first-order chi connectivity index (χ1) is 16.0. The molecule has 2 aliphatic heterocycles. The van der Waals surface area contributed by atoms with Gasteiger partial charge in [0.1, 0.15) is 12.1 Å². The maximum Gasteiger partial charge on any atom is 0.236 e. The van der Waals surface area contributed by atoms with Crippen LogP contribution in [0.15, 0.2) is 24.7 Å². The van der Waals surface area contributed by atoms with Crippen molar-refractivity contribution < 1.29 is 9.59 Å². The highest BCUT2D eigenvalue weighted by Crippen LogP contribution is 2.40. The minimum absolute atomic E-state index is 0.0700.